The second-order valence-electron chi connectivity index (χ2n) is 3.59. The molecule has 0 aliphatic heterocycles. The van der Waals surface area contributed by atoms with E-state index in [1.54, 1.807) is 0 Å². The summed E-state index contributed by atoms with van der Waals surface area (Å²) in [5.74, 6) is -5.59. The molecular weight excluding hydrogens is 293 g/mol. The fourth-order valence-corrected chi connectivity index (χ4v) is 1.14. The van der Waals surface area contributed by atoms with E-state index in [-0.39, 0.29) is 6.29 Å². The first-order valence-corrected chi connectivity index (χ1v) is 4.89. The maximum Gasteiger partial charge on any atom is 0.456 e. The van der Waals surface area contributed by atoms with Gasteiger partial charge in [0.15, 0.2) is 12.9 Å². The molecule has 0 heterocycles. The van der Waals surface area contributed by atoms with Gasteiger partial charge in [-0.05, 0) is 12.1 Å². The van der Waals surface area contributed by atoms with E-state index in [4.69, 9.17) is 0 Å². The van der Waals surface area contributed by atoms with Crippen LogP contribution in [-0.4, -0.2) is 29.9 Å². The number of halogens is 5. The van der Waals surface area contributed by atoms with Crippen molar-refractivity contribution in [2.75, 3.05) is 6.61 Å². The Balaban J connectivity index is 2.90. The van der Waals surface area contributed by atoms with Crippen LogP contribution in [0.3, 0.4) is 0 Å². The van der Waals surface area contributed by atoms with Crippen LogP contribution in [0.5, 0.6) is 5.75 Å². The van der Waals surface area contributed by atoms with Crippen LogP contribution in [0.4, 0.5) is 27.6 Å². The average molecular weight is 299 g/mol. The second kappa shape index (κ2) is 5.39. The lowest BCUT2D eigenvalue weighted by molar-refractivity contribution is -0.385. The number of hydrogen-bond acceptors (Lipinski definition) is 4. The van der Waals surface area contributed by atoms with Crippen molar-refractivity contribution in [2.45, 2.75) is 12.1 Å². The van der Waals surface area contributed by atoms with Crippen LogP contribution < -0.4 is 4.74 Å². The van der Waals surface area contributed by atoms with Gasteiger partial charge in [0.25, 0.3) is 5.69 Å². The molecule has 0 unspecified atom stereocenters. The Morgan fingerprint density at radius 2 is 1.85 bits per heavy atom. The van der Waals surface area contributed by atoms with E-state index in [1.165, 1.54) is 0 Å². The van der Waals surface area contributed by atoms with E-state index in [1.807, 2.05) is 0 Å². The van der Waals surface area contributed by atoms with Gasteiger partial charge in [-0.1, -0.05) is 0 Å². The summed E-state index contributed by atoms with van der Waals surface area (Å²) in [5, 5.41) is 10.5. The molecule has 0 saturated carbocycles. The van der Waals surface area contributed by atoms with Crippen molar-refractivity contribution in [1.29, 1.82) is 0 Å². The van der Waals surface area contributed by atoms with Gasteiger partial charge in [0, 0.05) is 6.07 Å². The number of aldehydes is 1. The number of rotatable bonds is 5. The van der Waals surface area contributed by atoms with Gasteiger partial charge in [-0.25, -0.2) is 0 Å². The molecular formula is C10H6F5NO4. The van der Waals surface area contributed by atoms with E-state index < -0.39 is 40.6 Å². The minimum Gasteiger partial charge on any atom is -0.487 e. The summed E-state index contributed by atoms with van der Waals surface area (Å²) in [7, 11) is 0. The van der Waals surface area contributed by atoms with E-state index >= 15 is 0 Å². The van der Waals surface area contributed by atoms with Gasteiger partial charge in [-0.3, -0.25) is 14.9 Å². The molecule has 110 valence electrons. The smallest absolute Gasteiger partial charge is 0.456 e. The zero-order valence-corrected chi connectivity index (χ0v) is 9.49. The molecule has 0 bridgehead atoms. The van der Waals surface area contributed by atoms with Crippen molar-refractivity contribution in [3.8, 4) is 5.75 Å². The largest absolute Gasteiger partial charge is 0.487 e. The highest BCUT2D eigenvalue weighted by molar-refractivity contribution is 5.82. The zero-order chi connectivity index (χ0) is 15.6. The highest BCUT2D eigenvalue weighted by Gasteiger charge is 2.58. The topological polar surface area (TPSA) is 69.4 Å². The highest BCUT2D eigenvalue weighted by atomic mass is 19.4. The first-order valence-electron chi connectivity index (χ1n) is 4.89. The van der Waals surface area contributed by atoms with Gasteiger partial charge in [0.1, 0.15) is 5.75 Å². The molecule has 0 aliphatic carbocycles. The van der Waals surface area contributed by atoms with Gasteiger partial charge in [0.2, 0.25) is 0 Å². The van der Waals surface area contributed by atoms with Gasteiger partial charge in [-0.15, -0.1) is 0 Å². The summed E-state index contributed by atoms with van der Waals surface area (Å²) in [6, 6.07) is 2.29. The SMILES string of the molecule is O=Cc1cc(OCC(F)(F)C(F)(F)F)ccc1[N+](=O)[O-]. The summed E-state index contributed by atoms with van der Waals surface area (Å²) < 4.78 is 65.0. The molecule has 1 aromatic rings. The number of nitrogens with zero attached hydrogens (tertiary/aromatic N) is 1. The fraction of sp³-hybridized carbons (Fsp3) is 0.300. The van der Waals surface area contributed by atoms with Gasteiger partial charge in [-0.2, -0.15) is 22.0 Å². The molecule has 0 aliphatic rings. The molecule has 20 heavy (non-hydrogen) atoms. The monoisotopic (exact) mass is 299 g/mol. The second-order valence-corrected chi connectivity index (χ2v) is 3.59. The minimum absolute atomic E-state index is 0.0624. The maximum atomic E-state index is 12.6. The molecule has 0 spiro atoms. The van der Waals surface area contributed by atoms with E-state index in [2.05, 4.69) is 4.74 Å². The quantitative estimate of drug-likeness (QED) is 0.363. The number of nitro benzene ring substituents is 1. The minimum atomic E-state index is -5.78. The predicted octanol–water partition coefficient (Wildman–Crippen LogP) is 2.98. The Morgan fingerprint density at radius 1 is 1.25 bits per heavy atom. The Bertz CT molecular complexity index is 529. The van der Waals surface area contributed by atoms with Crippen molar-refractivity contribution in [1.82, 2.24) is 0 Å². The van der Waals surface area contributed by atoms with Crippen molar-refractivity contribution < 1.29 is 36.4 Å². The third-order valence-electron chi connectivity index (χ3n) is 2.16. The van der Waals surface area contributed by atoms with Crippen LogP contribution in [0.1, 0.15) is 10.4 Å². The fourth-order valence-electron chi connectivity index (χ4n) is 1.14. The predicted molar refractivity (Wildman–Crippen MR) is 55.0 cm³/mol. The van der Waals surface area contributed by atoms with Crippen molar-refractivity contribution >= 4 is 12.0 Å². The van der Waals surface area contributed by atoms with Crippen LogP contribution >= 0.6 is 0 Å². The highest BCUT2D eigenvalue weighted by Crippen LogP contribution is 2.36. The van der Waals surface area contributed by atoms with Crippen LogP contribution in [0, 0.1) is 10.1 Å². The standard InChI is InChI=1S/C10H6F5NO4/c11-9(12,10(13,14)15)5-20-7-1-2-8(16(18)19)6(3-7)4-17/h1-4H,5H2. The van der Waals surface area contributed by atoms with Crippen LogP contribution in [0.25, 0.3) is 0 Å². The van der Waals surface area contributed by atoms with Gasteiger partial charge in [0.05, 0.1) is 10.5 Å². The first kappa shape index (κ1) is 15.8. The van der Waals surface area contributed by atoms with Crippen molar-refractivity contribution in [2.24, 2.45) is 0 Å². The summed E-state index contributed by atoms with van der Waals surface area (Å²) in [6.07, 6.45) is -5.71. The van der Waals surface area contributed by atoms with E-state index in [0.29, 0.717) is 6.07 Å². The van der Waals surface area contributed by atoms with Crippen LogP contribution in [0.2, 0.25) is 0 Å². The molecule has 0 radical (unpaired) electrons. The number of carbonyl (C=O) groups excluding carboxylic acids is 1. The first-order chi connectivity index (χ1) is 9.08. The van der Waals surface area contributed by atoms with Crippen molar-refractivity contribution in [3.05, 3.63) is 33.9 Å². The molecule has 0 fully saturated rings. The number of carbonyl (C=O) groups is 1. The number of ether oxygens (including phenoxy) is 1. The molecule has 0 amide bonds. The molecule has 1 rings (SSSR count). The normalized spacial score (nSPS) is 12.1. The van der Waals surface area contributed by atoms with Gasteiger partial charge < -0.3 is 4.74 Å². The lowest BCUT2D eigenvalue weighted by Crippen LogP contribution is -2.41. The molecule has 0 N–H and O–H groups in total. The number of nitro groups is 1. The molecule has 5 nitrogen and oxygen atoms in total. The summed E-state index contributed by atoms with van der Waals surface area (Å²) in [6.45, 7) is -1.99. The third-order valence-corrected chi connectivity index (χ3v) is 2.16. The molecule has 0 saturated heterocycles. The molecule has 0 aromatic heterocycles. The lowest BCUT2D eigenvalue weighted by Gasteiger charge is -2.19. The lowest BCUT2D eigenvalue weighted by atomic mass is 10.2. The van der Waals surface area contributed by atoms with Crippen molar-refractivity contribution in [3.63, 3.8) is 0 Å². The molecule has 1 aromatic carbocycles. The molecule has 10 heteroatoms. The zero-order valence-electron chi connectivity index (χ0n) is 9.49. The number of alkyl halides is 5. The Kier molecular flexibility index (Phi) is 4.26. The summed E-state index contributed by atoms with van der Waals surface area (Å²) in [5.41, 5.74) is -1.11. The average Bonchev–Trinajstić information content (AvgIpc) is 2.34. The summed E-state index contributed by atoms with van der Waals surface area (Å²) >= 11 is 0. The summed E-state index contributed by atoms with van der Waals surface area (Å²) in [4.78, 5) is 20.1. The number of benzene rings is 1. The Labute approximate surface area is 108 Å². The molecule has 0 atom stereocenters. The van der Waals surface area contributed by atoms with E-state index in [9.17, 15) is 36.9 Å². The van der Waals surface area contributed by atoms with E-state index in [0.717, 1.165) is 12.1 Å². The Hall–Kier alpha value is -2.26. The number of hydrogen-bond donors (Lipinski definition) is 0. The maximum absolute atomic E-state index is 12.6. The third kappa shape index (κ3) is 3.39. The van der Waals surface area contributed by atoms with Crippen LogP contribution in [0.15, 0.2) is 18.2 Å². The van der Waals surface area contributed by atoms with Crippen LogP contribution in [-0.2, 0) is 0 Å². The Morgan fingerprint density at radius 3 is 2.30 bits per heavy atom. The van der Waals surface area contributed by atoms with Gasteiger partial charge >= 0.3 is 12.1 Å².